The van der Waals surface area contributed by atoms with E-state index in [2.05, 4.69) is 12.2 Å². The van der Waals surface area contributed by atoms with Gasteiger partial charge in [-0.3, -0.25) is 4.79 Å². The van der Waals surface area contributed by atoms with Gasteiger partial charge in [-0.05, 0) is 55.7 Å². The van der Waals surface area contributed by atoms with Crippen molar-refractivity contribution < 1.29 is 19.4 Å². The molecule has 0 spiro atoms. The molecule has 2 aromatic carbocycles. The third-order valence-electron chi connectivity index (χ3n) is 4.56. The van der Waals surface area contributed by atoms with Gasteiger partial charge >= 0.3 is 0 Å². The number of hydrogen-bond acceptors (Lipinski definition) is 5. The zero-order valence-corrected chi connectivity index (χ0v) is 16.2. The Morgan fingerprint density at radius 1 is 1.30 bits per heavy atom. The van der Waals surface area contributed by atoms with Crippen LogP contribution in [0.1, 0.15) is 31.1 Å². The first-order valence-electron chi connectivity index (χ1n) is 9.02. The van der Waals surface area contributed by atoms with E-state index in [0.29, 0.717) is 23.1 Å². The predicted molar refractivity (Wildman–Crippen MR) is 105 cm³/mol. The molecule has 1 aliphatic heterocycles. The number of benzene rings is 2. The fourth-order valence-electron chi connectivity index (χ4n) is 3.01. The minimum absolute atomic E-state index is 0.0409. The zero-order valence-electron chi connectivity index (χ0n) is 15.4. The highest BCUT2D eigenvalue weighted by atomic mass is 35.5. The molecule has 1 aliphatic rings. The second kappa shape index (κ2) is 8.74. The van der Waals surface area contributed by atoms with Crippen LogP contribution in [0.15, 0.2) is 42.5 Å². The normalized spacial score (nSPS) is 18.0. The van der Waals surface area contributed by atoms with Crippen LogP contribution in [-0.2, 0) is 11.2 Å². The monoisotopic (exact) mass is 389 g/mol. The number of Topliss-reactive ketones (excluding diaryl/α,β-unsaturated/α-hetero) is 1. The number of halogens is 1. The molecule has 0 aliphatic carbocycles. The maximum absolute atomic E-state index is 11.4. The molecule has 6 heteroatoms. The molecule has 0 radical (unpaired) electrons. The Labute approximate surface area is 164 Å². The van der Waals surface area contributed by atoms with Crippen molar-refractivity contribution in [1.29, 1.82) is 0 Å². The average Bonchev–Trinajstić information content (AvgIpc) is 2.65. The van der Waals surface area contributed by atoms with E-state index >= 15 is 0 Å². The Hall–Kier alpha value is -2.08. The topological polar surface area (TPSA) is 67.8 Å². The summed E-state index contributed by atoms with van der Waals surface area (Å²) in [6, 6.07) is 13.2. The van der Waals surface area contributed by atoms with Crippen molar-refractivity contribution >= 4 is 17.4 Å². The van der Waals surface area contributed by atoms with Gasteiger partial charge in [0.25, 0.3) is 0 Å². The average molecular weight is 390 g/mol. The summed E-state index contributed by atoms with van der Waals surface area (Å²) in [7, 11) is 0. The van der Waals surface area contributed by atoms with Crippen molar-refractivity contribution in [3.05, 3.63) is 58.6 Å². The van der Waals surface area contributed by atoms with Gasteiger partial charge in [0.2, 0.25) is 0 Å². The highest BCUT2D eigenvalue weighted by Crippen LogP contribution is 2.33. The molecule has 3 atom stereocenters. The molecule has 2 N–H and O–H groups in total. The lowest BCUT2D eigenvalue weighted by molar-refractivity contribution is -0.125. The minimum atomic E-state index is -0.616. The van der Waals surface area contributed by atoms with E-state index in [1.165, 1.54) is 6.92 Å². The summed E-state index contributed by atoms with van der Waals surface area (Å²) in [6.07, 6.45) is -0.374. The fourth-order valence-corrected chi connectivity index (χ4v) is 3.21. The van der Waals surface area contributed by atoms with Gasteiger partial charge in [-0.2, -0.15) is 0 Å². The van der Waals surface area contributed by atoms with E-state index in [0.717, 1.165) is 17.5 Å². The second-order valence-electron chi connectivity index (χ2n) is 6.89. The molecular formula is C21H24ClNO4. The van der Waals surface area contributed by atoms with Gasteiger partial charge in [0, 0.05) is 17.6 Å². The van der Waals surface area contributed by atoms with Gasteiger partial charge in [-0.1, -0.05) is 29.8 Å². The number of ether oxygens (including phenoxy) is 2. The minimum Gasteiger partial charge on any atom is -0.485 e. The van der Waals surface area contributed by atoms with E-state index in [9.17, 15) is 9.90 Å². The molecule has 0 saturated heterocycles. The third-order valence-corrected chi connectivity index (χ3v) is 4.79. The Kier molecular flexibility index (Phi) is 6.37. The Bertz CT molecular complexity index is 811. The first kappa shape index (κ1) is 19.7. The molecule has 0 fully saturated rings. The van der Waals surface area contributed by atoms with Crippen molar-refractivity contribution in [3.8, 4) is 11.5 Å². The highest BCUT2D eigenvalue weighted by Gasteiger charge is 2.24. The molecule has 0 saturated carbocycles. The molecule has 1 unspecified atom stereocenters. The van der Waals surface area contributed by atoms with Gasteiger partial charge in [-0.15, -0.1) is 0 Å². The van der Waals surface area contributed by atoms with Gasteiger partial charge < -0.3 is 19.9 Å². The van der Waals surface area contributed by atoms with E-state index < -0.39 is 12.2 Å². The maximum Gasteiger partial charge on any atom is 0.190 e. The van der Waals surface area contributed by atoms with Crippen LogP contribution in [0, 0.1) is 0 Å². The van der Waals surface area contributed by atoms with Crippen LogP contribution >= 0.6 is 11.6 Å². The summed E-state index contributed by atoms with van der Waals surface area (Å²) in [5.41, 5.74) is 1.89. The van der Waals surface area contributed by atoms with Crippen LogP contribution in [0.25, 0.3) is 0 Å². The summed E-state index contributed by atoms with van der Waals surface area (Å²) >= 11 is 5.97. The van der Waals surface area contributed by atoms with Crippen LogP contribution in [0.3, 0.4) is 0 Å². The van der Waals surface area contributed by atoms with Crippen LogP contribution in [-0.4, -0.2) is 36.2 Å². The lowest BCUT2D eigenvalue weighted by Gasteiger charge is -2.25. The summed E-state index contributed by atoms with van der Waals surface area (Å²) in [6.45, 7) is 4.24. The number of rotatable bonds is 7. The molecule has 0 amide bonds. The molecule has 2 aromatic rings. The van der Waals surface area contributed by atoms with Gasteiger partial charge in [0.1, 0.15) is 6.61 Å². The number of carbonyl (C=O) groups is 1. The summed E-state index contributed by atoms with van der Waals surface area (Å²) in [5, 5.41) is 14.3. The second-order valence-corrected chi connectivity index (χ2v) is 7.33. The number of carbonyl (C=O) groups excluding carboxylic acids is 1. The van der Waals surface area contributed by atoms with Crippen LogP contribution < -0.4 is 14.8 Å². The third kappa shape index (κ3) is 5.22. The van der Waals surface area contributed by atoms with Crippen LogP contribution in [0.4, 0.5) is 0 Å². The van der Waals surface area contributed by atoms with E-state index in [1.54, 1.807) is 12.1 Å². The summed E-state index contributed by atoms with van der Waals surface area (Å²) in [4.78, 5) is 11.4. The molecule has 3 rings (SSSR count). The molecule has 1 heterocycles. The molecule has 0 aromatic heterocycles. The number of nitrogens with one attached hydrogen (secondary N) is 1. The van der Waals surface area contributed by atoms with Crippen LogP contribution in [0.5, 0.6) is 11.5 Å². The smallest absolute Gasteiger partial charge is 0.190 e. The van der Waals surface area contributed by atoms with E-state index in [-0.39, 0.29) is 18.4 Å². The van der Waals surface area contributed by atoms with Gasteiger partial charge in [0.05, 0.1) is 6.10 Å². The van der Waals surface area contributed by atoms with E-state index in [4.69, 9.17) is 21.1 Å². The molecule has 5 nitrogen and oxygen atoms in total. The molecular weight excluding hydrogens is 366 g/mol. The van der Waals surface area contributed by atoms with Crippen LogP contribution in [0.2, 0.25) is 5.02 Å². The van der Waals surface area contributed by atoms with Crippen molar-refractivity contribution in [2.45, 2.75) is 38.5 Å². The van der Waals surface area contributed by atoms with Crippen molar-refractivity contribution in [1.82, 2.24) is 5.32 Å². The number of ketones is 1. The maximum atomic E-state index is 11.4. The molecule has 144 valence electrons. The first-order chi connectivity index (χ1) is 12.9. The fraction of sp³-hybridized carbons (Fsp3) is 0.381. The van der Waals surface area contributed by atoms with Crippen molar-refractivity contribution in [2.24, 2.45) is 0 Å². The quantitative estimate of drug-likeness (QED) is 0.760. The summed E-state index contributed by atoms with van der Waals surface area (Å²) in [5.74, 6) is 1.22. The Morgan fingerprint density at radius 2 is 2.11 bits per heavy atom. The SMILES string of the molecule is CC(=O)[C@H]1COc2cc(C[C@@H](C)NCC(O)c3cccc(Cl)c3)ccc2O1. The first-order valence-corrected chi connectivity index (χ1v) is 9.40. The number of hydrogen-bond donors (Lipinski definition) is 2. The Balaban J connectivity index is 1.54. The zero-order chi connectivity index (χ0) is 19.4. The standard InChI is InChI=1S/C21H24ClNO4/c1-13(23-11-18(25)16-4-3-5-17(22)10-16)8-15-6-7-19-20(9-15)26-12-21(27-19)14(2)24/h3-7,9-10,13,18,21,23,25H,8,11-12H2,1-2H3/t13-,18?,21-/m1/s1. The number of aliphatic hydroxyl groups excluding tert-OH is 1. The van der Waals surface area contributed by atoms with Gasteiger partial charge in [0.15, 0.2) is 23.4 Å². The van der Waals surface area contributed by atoms with E-state index in [1.807, 2.05) is 30.3 Å². The molecule has 27 heavy (non-hydrogen) atoms. The number of aliphatic hydroxyl groups is 1. The van der Waals surface area contributed by atoms with Crippen molar-refractivity contribution in [2.75, 3.05) is 13.2 Å². The Morgan fingerprint density at radius 3 is 2.85 bits per heavy atom. The largest absolute Gasteiger partial charge is 0.485 e. The van der Waals surface area contributed by atoms with Crippen molar-refractivity contribution in [3.63, 3.8) is 0 Å². The summed E-state index contributed by atoms with van der Waals surface area (Å²) < 4.78 is 11.3. The number of fused-ring (bicyclic) bond motifs is 1. The lowest BCUT2D eigenvalue weighted by atomic mass is 10.0. The highest BCUT2D eigenvalue weighted by molar-refractivity contribution is 6.30. The van der Waals surface area contributed by atoms with Gasteiger partial charge in [-0.25, -0.2) is 0 Å². The lowest BCUT2D eigenvalue weighted by Crippen LogP contribution is -2.35. The predicted octanol–water partition coefficient (Wildman–Crippen LogP) is 3.32. The molecule has 0 bridgehead atoms.